The lowest BCUT2D eigenvalue weighted by atomic mass is 9.98. The van der Waals surface area contributed by atoms with Crippen LogP contribution in [0.3, 0.4) is 0 Å². The molecule has 0 atom stereocenters. The third kappa shape index (κ3) is 3.94. The molecule has 1 saturated heterocycles. The number of benzene rings is 2. The number of rotatable bonds is 3. The maximum atomic E-state index is 9.52. The lowest BCUT2D eigenvalue weighted by molar-refractivity contribution is 0.269. The Morgan fingerprint density at radius 2 is 1.83 bits per heavy atom. The summed E-state index contributed by atoms with van der Waals surface area (Å²) in [4.78, 5) is 4.83. The van der Waals surface area contributed by atoms with Gasteiger partial charge in [-0.05, 0) is 61.4 Å². The molecule has 1 heterocycles. The molecule has 0 spiro atoms. The van der Waals surface area contributed by atoms with E-state index in [1.165, 1.54) is 12.0 Å². The van der Waals surface area contributed by atoms with Crippen molar-refractivity contribution in [3.05, 3.63) is 53.6 Å². The van der Waals surface area contributed by atoms with Gasteiger partial charge in [0.05, 0.1) is 11.6 Å². The van der Waals surface area contributed by atoms with Crippen molar-refractivity contribution >= 4 is 0 Å². The molecule has 0 amide bonds. The third-order valence-electron chi connectivity index (χ3n) is 4.60. The Bertz CT molecular complexity index is 734. The van der Waals surface area contributed by atoms with Crippen LogP contribution in [0.15, 0.2) is 42.5 Å². The number of nitrogens with zero attached hydrogens (tertiary/aromatic N) is 3. The lowest BCUT2D eigenvalue weighted by Crippen LogP contribution is -2.28. The van der Waals surface area contributed by atoms with E-state index < -0.39 is 0 Å². The van der Waals surface area contributed by atoms with Crippen molar-refractivity contribution in [2.24, 2.45) is 0 Å². The predicted octanol–water partition coefficient (Wildman–Crippen LogP) is 3.07. The zero-order chi connectivity index (χ0) is 16.9. The first-order valence-electron chi connectivity index (χ1n) is 8.39. The third-order valence-corrected chi connectivity index (χ3v) is 4.60. The quantitative estimate of drug-likeness (QED) is 0.944. The Balaban J connectivity index is 1.79. The fraction of sp³-hybridized carbons (Fsp3) is 0.350. The van der Waals surface area contributed by atoms with E-state index in [-0.39, 0.29) is 5.75 Å². The van der Waals surface area contributed by atoms with Crippen molar-refractivity contribution in [1.82, 2.24) is 9.80 Å². The Labute approximate surface area is 143 Å². The molecule has 1 aliphatic heterocycles. The molecule has 0 aliphatic carbocycles. The van der Waals surface area contributed by atoms with Crippen molar-refractivity contribution in [1.29, 1.82) is 5.26 Å². The van der Waals surface area contributed by atoms with Gasteiger partial charge in [0, 0.05) is 19.6 Å². The van der Waals surface area contributed by atoms with Crippen LogP contribution in [0.4, 0.5) is 0 Å². The van der Waals surface area contributed by atoms with Crippen molar-refractivity contribution in [2.45, 2.75) is 13.0 Å². The molecule has 0 radical (unpaired) electrons. The van der Waals surface area contributed by atoms with Crippen LogP contribution in [-0.2, 0) is 6.54 Å². The highest BCUT2D eigenvalue weighted by Crippen LogP contribution is 2.26. The zero-order valence-corrected chi connectivity index (χ0v) is 14.1. The first-order chi connectivity index (χ1) is 11.7. The number of hydrogen-bond donors (Lipinski definition) is 1. The Kier molecular flexibility index (Phi) is 5.14. The molecule has 0 saturated carbocycles. The summed E-state index contributed by atoms with van der Waals surface area (Å²) in [6.45, 7) is 5.30. The van der Waals surface area contributed by atoms with Crippen molar-refractivity contribution in [3.63, 3.8) is 0 Å². The molecule has 0 unspecified atom stereocenters. The van der Waals surface area contributed by atoms with Gasteiger partial charge in [0.2, 0.25) is 0 Å². The predicted molar refractivity (Wildman–Crippen MR) is 95.6 cm³/mol. The van der Waals surface area contributed by atoms with E-state index in [4.69, 9.17) is 0 Å². The van der Waals surface area contributed by atoms with Gasteiger partial charge < -0.3 is 10.0 Å². The fourth-order valence-corrected chi connectivity index (χ4v) is 3.19. The molecule has 1 fully saturated rings. The summed E-state index contributed by atoms with van der Waals surface area (Å²) in [6.07, 6.45) is 1.19. The summed E-state index contributed by atoms with van der Waals surface area (Å²) in [7, 11) is 2.17. The normalized spacial score (nSPS) is 16.5. The minimum absolute atomic E-state index is 0.236. The van der Waals surface area contributed by atoms with Gasteiger partial charge in [0.15, 0.2) is 0 Å². The minimum Gasteiger partial charge on any atom is -0.508 e. The maximum absolute atomic E-state index is 9.52. The van der Waals surface area contributed by atoms with Crippen LogP contribution in [-0.4, -0.2) is 48.1 Å². The number of phenolic OH excluding ortho intramolecular Hbond substituents is 1. The number of nitriles is 1. The second kappa shape index (κ2) is 7.48. The van der Waals surface area contributed by atoms with Gasteiger partial charge in [-0.25, -0.2) is 0 Å². The van der Waals surface area contributed by atoms with E-state index in [0.717, 1.165) is 43.9 Å². The lowest BCUT2D eigenvalue weighted by Gasteiger charge is -2.20. The molecule has 0 bridgehead atoms. The average molecular weight is 321 g/mol. The Morgan fingerprint density at radius 1 is 1.04 bits per heavy atom. The minimum atomic E-state index is 0.236. The molecule has 0 aromatic heterocycles. The first-order valence-corrected chi connectivity index (χ1v) is 8.39. The van der Waals surface area contributed by atoms with Crippen LogP contribution in [0.25, 0.3) is 11.1 Å². The second-order valence-electron chi connectivity index (χ2n) is 6.47. The van der Waals surface area contributed by atoms with E-state index in [1.807, 2.05) is 24.3 Å². The van der Waals surface area contributed by atoms with E-state index >= 15 is 0 Å². The molecule has 2 aromatic carbocycles. The first kappa shape index (κ1) is 16.5. The van der Waals surface area contributed by atoms with Gasteiger partial charge in [-0.15, -0.1) is 0 Å². The maximum Gasteiger partial charge on any atom is 0.115 e. The molecular formula is C20H23N3O. The van der Waals surface area contributed by atoms with Crippen LogP contribution in [0.1, 0.15) is 17.5 Å². The molecule has 2 aromatic rings. The second-order valence-corrected chi connectivity index (χ2v) is 6.47. The molecule has 1 aliphatic rings. The molecule has 4 nitrogen and oxygen atoms in total. The summed E-state index contributed by atoms with van der Waals surface area (Å²) in [5.74, 6) is 0.236. The van der Waals surface area contributed by atoms with Crippen molar-refractivity contribution in [2.75, 3.05) is 33.2 Å². The van der Waals surface area contributed by atoms with Crippen LogP contribution in [0.2, 0.25) is 0 Å². The molecular weight excluding hydrogens is 298 g/mol. The summed E-state index contributed by atoms with van der Waals surface area (Å²) >= 11 is 0. The molecule has 124 valence electrons. The zero-order valence-electron chi connectivity index (χ0n) is 14.1. The fourth-order valence-electron chi connectivity index (χ4n) is 3.19. The summed E-state index contributed by atoms with van der Waals surface area (Å²) < 4.78 is 0. The van der Waals surface area contributed by atoms with Gasteiger partial charge in [0.1, 0.15) is 5.75 Å². The Hall–Kier alpha value is -2.35. The van der Waals surface area contributed by atoms with Crippen molar-refractivity contribution in [3.8, 4) is 22.9 Å². The number of phenols is 1. The van der Waals surface area contributed by atoms with E-state index in [0.29, 0.717) is 5.56 Å². The largest absolute Gasteiger partial charge is 0.508 e. The highest BCUT2D eigenvalue weighted by atomic mass is 16.3. The molecule has 24 heavy (non-hydrogen) atoms. The van der Waals surface area contributed by atoms with E-state index in [2.05, 4.69) is 29.0 Å². The number of likely N-dealkylation sites (N-methyl/N-ethyl adjacent to an activating group) is 1. The van der Waals surface area contributed by atoms with Crippen LogP contribution in [0.5, 0.6) is 5.75 Å². The highest BCUT2D eigenvalue weighted by molar-refractivity contribution is 5.71. The van der Waals surface area contributed by atoms with Crippen LogP contribution in [0, 0.1) is 11.3 Å². The van der Waals surface area contributed by atoms with Gasteiger partial charge in [-0.1, -0.05) is 24.3 Å². The SMILES string of the molecule is CN1CCCN(Cc2ccc(-c3ccc(O)cc3)c(C#N)c2)CC1. The monoisotopic (exact) mass is 321 g/mol. The van der Waals surface area contributed by atoms with E-state index in [1.54, 1.807) is 12.1 Å². The summed E-state index contributed by atoms with van der Waals surface area (Å²) in [5, 5.41) is 18.9. The summed E-state index contributed by atoms with van der Waals surface area (Å²) in [6, 6.07) is 15.4. The molecule has 4 heteroatoms. The van der Waals surface area contributed by atoms with Crippen molar-refractivity contribution < 1.29 is 5.11 Å². The van der Waals surface area contributed by atoms with Gasteiger partial charge >= 0.3 is 0 Å². The average Bonchev–Trinajstić information content (AvgIpc) is 2.80. The molecule has 3 rings (SSSR count). The van der Waals surface area contributed by atoms with Crippen LogP contribution < -0.4 is 0 Å². The molecule has 1 N–H and O–H groups in total. The standard InChI is InChI=1S/C20H23N3O/c1-22-9-2-10-23(12-11-22)15-16-3-8-20(18(13-16)14-21)17-4-6-19(24)7-5-17/h3-8,13,24H,2,9-12,15H2,1H3. The van der Waals surface area contributed by atoms with E-state index in [9.17, 15) is 10.4 Å². The van der Waals surface area contributed by atoms with Crippen LogP contribution >= 0.6 is 0 Å². The topological polar surface area (TPSA) is 50.5 Å². The summed E-state index contributed by atoms with van der Waals surface area (Å²) in [5.41, 5.74) is 3.73. The number of hydrogen-bond acceptors (Lipinski definition) is 4. The smallest absolute Gasteiger partial charge is 0.115 e. The highest BCUT2D eigenvalue weighted by Gasteiger charge is 2.13. The Morgan fingerprint density at radius 3 is 2.58 bits per heavy atom. The van der Waals surface area contributed by atoms with Gasteiger partial charge in [-0.2, -0.15) is 5.26 Å². The van der Waals surface area contributed by atoms with Gasteiger partial charge in [0.25, 0.3) is 0 Å². The van der Waals surface area contributed by atoms with Gasteiger partial charge in [-0.3, -0.25) is 4.90 Å². The number of aromatic hydroxyl groups is 1.